The first-order valence-corrected chi connectivity index (χ1v) is 8.12. The Kier molecular flexibility index (Phi) is 3.82. The van der Waals surface area contributed by atoms with E-state index in [0.717, 1.165) is 22.3 Å². The summed E-state index contributed by atoms with van der Waals surface area (Å²) in [5.74, 6) is -0.0832. The summed E-state index contributed by atoms with van der Waals surface area (Å²) in [5, 5.41) is 2.96. The van der Waals surface area contributed by atoms with Crippen molar-refractivity contribution in [3.05, 3.63) is 84.4 Å². The van der Waals surface area contributed by atoms with Gasteiger partial charge in [0.1, 0.15) is 0 Å². The minimum atomic E-state index is -0.0832. The molecular formula is C20H18N4O. The lowest BCUT2D eigenvalue weighted by molar-refractivity contribution is 0.0951. The van der Waals surface area contributed by atoms with Crippen LogP contribution in [-0.4, -0.2) is 20.0 Å². The van der Waals surface area contributed by atoms with Gasteiger partial charge in [0, 0.05) is 37.2 Å². The fraction of sp³-hybridized carbons (Fsp3) is 0.100. The zero-order valence-electron chi connectivity index (χ0n) is 13.9. The minimum absolute atomic E-state index is 0.0832. The standard InChI is InChI=1S/C20H18N4O/c1-23-14-22-18-12-15(4-9-19(18)23)13-21-20(25)16-5-7-17(8-6-16)24-10-2-3-11-24/h2-12,14H,13H2,1H3,(H,21,25). The maximum atomic E-state index is 12.3. The molecule has 0 saturated carbocycles. The van der Waals surface area contributed by atoms with Gasteiger partial charge < -0.3 is 14.5 Å². The van der Waals surface area contributed by atoms with Gasteiger partial charge in [-0.3, -0.25) is 4.79 Å². The Labute approximate surface area is 145 Å². The molecule has 1 amide bonds. The van der Waals surface area contributed by atoms with E-state index in [1.54, 1.807) is 6.33 Å². The van der Waals surface area contributed by atoms with Crippen molar-refractivity contribution in [2.75, 3.05) is 0 Å². The van der Waals surface area contributed by atoms with Crippen molar-refractivity contribution in [3.63, 3.8) is 0 Å². The molecule has 0 spiro atoms. The Bertz CT molecular complexity index is 1010. The number of rotatable bonds is 4. The average molecular weight is 330 g/mol. The highest BCUT2D eigenvalue weighted by Gasteiger charge is 2.07. The van der Waals surface area contributed by atoms with Crippen LogP contribution in [0.3, 0.4) is 0 Å². The Morgan fingerprint density at radius 1 is 1.08 bits per heavy atom. The number of hydrogen-bond donors (Lipinski definition) is 1. The molecule has 5 nitrogen and oxygen atoms in total. The van der Waals surface area contributed by atoms with Crippen LogP contribution < -0.4 is 5.32 Å². The third-order valence-electron chi connectivity index (χ3n) is 4.27. The predicted octanol–water partition coefficient (Wildman–Crippen LogP) is 3.29. The second kappa shape index (κ2) is 6.28. The minimum Gasteiger partial charge on any atom is -0.348 e. The Hall–Kier alpha value is -3.34. The van der Waals surface area contributed by atoms with Crippen LogP contribution in [0.2, 0.25) is 0 Å². The molecule has 0 unspecified atom stereocenters. The summed E-state index contributed by atoms with van der Waals surface area (Å²) in [6.45, 7) is 0.477. The molecule has 0 bridgehead atoms. The number of imidazole rings is 1. The molecule has 5 heteroatoms. The van der Waals surface area contributed by atoms with E-state index in [1.807, 2.05) is 83.2 Å². The summed E-state index contributed by atoms with van der Waals surface area (Å²) in [4.78, 5) is 16.7. The second-order valence-electron chi connectivity index (χ2n) is 6.00. The first-order valence-electron chi connectivity index (χ1n) is 8.12. The van der Waals surface area contributed by atoms with Gasteiger partial charge in [-0.1, -0.05) is 6.07 Å². The summed E-state index contributed by atoms with van der Waals surface area (Å²) in [5.41, 5.74) is 4.72. The summed E-state index contributed by atoms with van der Waals surface area (Å²) in [7, 11) is 1.97. The van der Waals surface area contributed by atoms with Gasteiger partial charge in [-0.25, -0.2) is 4.98 Å². The number of benzene rings is 2. The lowest BCUT2D eigenvalue weighted by atomic mass is 10.1. The van der Waals surface area contributed by atoms with Gasteiger partial charge in [-0.15, -0.1) is 0 Å². The quantitative estimate of drug-likeness (QED) is 0.624. The van der Waals surface area contributed by atoms with E-state index in [1.165, 1.54) is 0 Å². The van der Waals surface area contributed by atoms with E-state index in [4.69, 9.17) is 0 Å². The molecule has 0 radical (unpaired) electrons. The molecule has 25 heavy (non-hydrogen) atoms. The third-order valence-corrected chi connectivity index (χ3v) is 4.27. The lowest BCUT2D eigenvalue weighted by Gasteiger charge is -2.07. The van der Waals surface area contributed by atoms with Crippen LogP contribution in [0, 0.1) is 0 Å². The molecule has 124 valence electrons. The van der Waals surface area contributed by atoms with Crippen molar-refractivity contribution in [1.29, 1.82) is 0 Å². The van der Waals surface area contributed by atoms with Crippen LogP contribution in [0.5, 0.6) is 0 Å². The summed E-state index contributed by atoms with van der Waals surface area (Å²) >= 11 is 0. The van der Waals surface area contributed by atoms with Gasteiger partial charge in [0.2, 0.25) is 0 Å². The first kappa shape index (κ1) is 15.2. The maximum Gasteiger partial charge on any atom is 0.251 e. The highest BCUT2D eigenvalue weighted by atomic mass is 16.1. The summed E-state index contributed by atoms with van der Waals surface area (Å²) < 4.78 is 3.98. The number of aryl methyl sites for hydroxylation is 1. The molecule has 0 fully saturated rings. The number of nitrogens with one attached hydrogen (secondary N) is 1. The van der Waals surface area contributed by atoms with Crippen LogP contribution in [0.4, 0.5) is 0 Å². The van der Waals surface area contributed by atoms with Crippen molar-refractivity contribution in [1.82, 2.24) is 19.4 Å². The van der Waals surface area contributed by atoms with E-state index in [2.05, 4.69) is 10.3 Å². The number of hydrogen-bond acceptors (Lipinski definition) is 2. The number of nitrogens with zero attached hydrogens (tertiary/aromatic N) is 3. The SMILES string of the molecule is Cn1cnc2cc(CNC(=O)c3ccc(-n4cccc4)cc3)ccc21. The lowest BCUT2D eigenvalue weighted by Crippen LogP contribution is -2.22. The highest BCUT2D eigenvalue weighted by Crippen LogP contribution is 2.14. The number of fused-ring (bicyclic) bond motifs is 1. The fourth-order valence-corrected chi connectivity index (χ4v) is 2.87. The molecule has 0 aliphatic heterocycles. The van der Waals surface area contributed by atoms with Crippen molar-refractivity contribution in [3.8, 4) is 5.69 Å². The number of carbonyl (C=O) groups is 1. The van der Waals surface area contributed by atoms with Crippen molar-refractivity contribution < 1.29 is 4.79 Å². The van der Waals surface area contributed by atoms with Crippen molar-refractivity contribution in [2.24, 2.45) is 7.05 Å². The smallest absolute Gasteiger partial charge is 0.251 e. The van der Waals surface area contributed by atoms with Crippen LogP contribution >= 0.6 is 0 Å². The number of carbonyl (C=O) groups excluding carboxylic acids is 1. The Morgan fingerprint density at radius 3 is 2.60 bits per heavy atom. The van der Waals surface area contributed by atoms with Gasteiger partial charge in [-0.2, -0.15) is 0 Å². The monoisotopic (exact) mass is 330 g/mol. The van der Waals surface area contributed by atoms with Crippen molar-refractivity contribution >= 4 is 16.9 Å². The summed E-state index contributed by atoms with van der Waals surface area (Å²) in [6, 6.07) is 17.5. The zero-order chi connectivity index (χ0) is 17.2. The molecule has 2 aromatic heterocycles. The van der Waals surface area contributed by atoms with E-state index >= 15 is 0 Å². The average Bonchev–Trinajstić information content (AvgIpc) is 3.30. The maximum absolute atomic E-state index is 12.3. The number of amides is 1. The molecule has 4 aromatic rings. The molecule has 2 aromatic carbocycles. The van der Waals surface area contributed by atoms with Crippen LogP contribution in [0.1, 0.15) is 15.9 Å². The van der Waals surface area contributed by atoms with Crippen molar-refractivity contribution in [2.45, 2.75) is 6.54 Å². The van der Waals surface area contributed by atoms with Gasteiger partial charge >= 0.3 is 0 Å². The van der Waals surface area contributed by atoms with Crippen LogP contribution in [0.15, 0.2) is 73.3 Å². The molecule has 0 saturated heterocycles. The Morgan fingerprint density at radius 2 is 1.84 bits per heavy atom. The van der Waals surface area contributed by atoms with Gasteiger partial charge in [0.25, 0.3) is 5.91 Å². The van der Waals surface area contributed by atoms with Gasteiger partial charge in [0.15, 0.2) is 0 Å². The van der Waals surface area contributed by atoms with E-state index in [0.29, 0.717) is 12.1 Å². The third kappa shape index (κ3) is 3.04. The second-order valence-corrected chi connectivity index (χ2v) is 6.00. The normalized spacial score (nSPS) is 10.9. The van der Waals surface area contributed by atoms with Gasteiger partial charge in [-0.05, 0) is 54.1 Å². The topological polar surface area (TPSA) is 51.9 Å². The molecule has 1 N–H and O–H groups in total. The van der Waals surface area contributed by atoms with E-state index in [9.17, 15) is 4.79 Å². The largest absolute Gasteiger partial charge is 0.348 e. The Balaban J connectivity index is 1.44. The molecule has 0 aliphatic rings. The molecule has 0 aliphatic carbocycles. The molecule has 0 atom stereocenters. The van der Waals surface area contributed by atoms with E-state index < -0.39 is 0 Å². The summed E-state index contributed by atoms with van der Waals surface area (Å²) in [6.07, 6.45) is 5.74. The van der Waals surface area contributed by atoms with Crippen LogP contribution in [-0.2, 0) is 13.6 Å². The molecule has 4 rings (SSSR count). The van der Waals surface area contributed by atoms with Gasteiger partial charge in [0.05, 0.1) is 17.4 Å². The fourth-order valence-electron chi connectivity index (χ4n) is 2.87. The van der Waals surface area contributed by atoms with Crippen LogP contribution in [0.25, 0.3) is 16.7 Å². The molecular weight excluding hydrogens is 312 g/mol. The van der Waals surface area contributed by atoms with E-state index in [-0.39, 0.29) is 5.91 Å². The number of aromatic nitrogens is 3. The highest BCUT2D eigenvalue weighted by molar-refractivity contribution is 5.94. The predicted molar refractivity (Wildman–Crippen MR) is 97.7 cm³/mol. The zero-order valence-corrected chi connectivity index (χ0v) is 13.9. The molecule has 2 heterocycles. The first-order chi connectivity index (χ1) is 12.2.